The van der Waals surface area contributed by atoms with Gasteiger partial charge in [0, 0.05) is 7.11 Å². The average Bonchev–Trinajstić information content (AvgIpc) is 2.63. The summed E-state index contributed by atoms with van der Waals surface area (Å²) in [4.78, 5) is 0. The van der Waals surface area contributed by atoms with Gasteiger partial charge in [0.05, 0.1) is 12.2 Å². The zero-order valence-corrected chi connectivity index (χ0v) is 10.6. The van der Waals surface area contributed by atoms with Gasteiger partial charge in [-0.1, -0.05) is 39.2 Å². The van der Waals surface area contributed by atoms with E-state index in [1.54, 1.807) is 6.08 Å². The molecule has 1 heterocycles. The summed E-state index contributed by atoms with van der Waals surface area (Å²) in [5.41, 5.74) is 0. The highest BCUT2D eigenvalue weighted by Crippen LogP contribution is 2.17. The van der Waals surface area contributed by atoms with E-state index >= 15 is 0 Å². The first-order valence-corrected chi connectivity index (χ1v) is 5.58. The first-order valence-electron chi connectivity index (χ1n) is 5.58. The van der Waals surface area contributed by atoms with Crippen LogP contribution in [0, 0.1) is 0 Å². The number of aliphatic hydroxyl groups excluding tert-OH is 1. The summed E-state index contributed by atoms with van der Waals surface area (Å²) in [6.07, 6.45) is 10.4. The molecule has 0 amide bonds. The number of hydrogen-bond donors (Lipinski definition) is 1. The van der Waals surface area contributed by atoms with Crippen molar-refractivity contribution in [2.45, 2.75) is 59.7 Å². The molecule has 0 spiro atoms. The van der Waals surface area contributed by atoms with Gasteiger partial charge >= 0.3 is 0 Å². The molecule has 2 atom stereocenters. The van der Waals surface area contributed by atoms with Crippen LogP contribution in [0.25, 0.3) is 0 Å². The predicted octanol–water partition coefficient (Wildman–Crippen LogP) is 3.96. The van der Waals surface area contributed by atoms with Gasteiger partial charge in [0.1, 0.15) is 0 Å². The van der Waals surface area contributed by atoms with E-state index in [0.29, 0.717) is 12.2 Å². The Labute approximate surface area is 102 Å². The summed E-state index contributed by atoms with van der Waals surface area (Å²) in [7, 11) is 1.00. The summed E-state index contributed by atoms with van der Waals surface area (Å²) in [5.74, 6) is 0. The zero-order chi connectivity index (χ0) is 12.1. The van der Waals surface area contributed by atoms with Crippen LogP contribution in [0.4, 0.5) is 0 Å². The molecular weight excluding hydrogens is 200 g/mol. The molecule has 0 saturated carbocycles. The largest absolute Gasteiger partial charge is 0.400 e. The van der Waals surface area contributed by atoms with Crippen molar-refractivity contribution in [3.8, 4) is 0 Å². The van der Waals surface area contributed by atoms with Crippen molar-refractivity contribution < 1.29 is 9.84 Å². The molecule has 0 aromatic carbocycles. The Kier molecular flexibility index (Phi) is 21.8. The van der Waals surface area contributed by atoms with Crippen molar-refractivity contribution in [1.29, 1.82) is 0 Å². The Hall–Kier alpha value is -0.600. The van der Waals surface area contributed by atoms with Crippen LogP contribution in [-0.2, 0) is 4.74 Å². The molecule has 16 heavy (non-hydrogen) atoms. The number of allylic oxidation sites excluding steroid dienone is 3. The highest BCUT2D eigenvalue weighted by atomic mass is 16.5. The van der Waals surface area contributed by atoms with E-state index in [-0.39, 0.29) is 7.43 Å². The molecule has 1 rings (SSSR count). The Morgan fingerprint density at radius 3 is 1.81 bits per heavy atom. The molecule has 0 aliphatic carbocycles. The van der Waals surface area contributed by atoms with Gasteiger partial charge in [-0.15, -0.1) is 0 Å². The fourth-order valence-corrected chi connectivity index (χ4v) is 1.23. The van der Waals surface area contributed by atoms with Crippen molar-refractivity contribution in [2.75, 3.05) is 7.11 Å². The van der Waals surface area contributed by atoms with E-state index in [4.69, 9.17) is 9.84 Å². The highest BCUT2D eigenvalue weighted by Gasteiger charge is 2.16. The standard InChI is InChI=1S/C6H12O.C6H10.CH4O.CH4/c1-5-3-4-6(2)7-5;1-3-5-6-4-2;1-2;/h5-6H,3-4H2,1-2H3;3,5-6H,1,4H2,2H3;2H,1H3;1H4/b;6-5+;;. The molecule has 98 valence electrons. The predicted molar refractivity (Wildman–Crippen MR) is 73.7 cm³/mol. The van der Waals surface area contributed by atoms with Crippen LogP contribution in [0.15, 0.2) is 24.8 Å². The van der Waals surface area contributed by atoms with Crippen molar-refractivity contribution in [3.05, 3.63) is 24.8 Å². The molecule has 1 N–H and O–H groups in total. The summed E-state index contributed by atoms with van der Waals surface area (Å²) in [6.45, 7) is 9.87. The average molecular weight is 230 g/mol. The third-order valence-corrected chi connectivity index (χ3v) is 1.95. The Morgan fingerprint density at radius 1 is 1.25 bits per heavy atom. The number of ether oxygens (including phenoxy) is 1. The Balaban J connectivity index is -0.000000175. The summed E-state index contributed by atoms with van der Waals surface area (Å²) < 4.78 is 5.36. The van der Waals surface area contributed by atoms with Crippen LogP contribution in [0.1, 0.15) is 47.5 Å². The second-order valence-electron chi connectivity index (χ2n) is 3.41. The smallest absolute Gasteiger partial charge is 0.0551 e. The quantitative estimate of drug-likeness (QED) is 0.728. The van der Waals surface area contributed by atoms with Gasteiger partial charge in [0.15, 0.2) is 0 Å². The van der Waals surface area contributed by atoms with Crippen LogP contribution < -0.4 is 0 Å². The minimum atomic E-state index is 0. The molecule has 2 unspecified atom stereocenters. The second kappa shape index (κ2) is 16.8. The SMILES string of the molecule is C.C=C/C=C/CC.CC1CCC(C)O1.CO. The van der Waals surface area contributed by atoms with E-state index < -0.39 is 0 Å². The maximum atomic E-state index is 7.00. The van der Waals surface area contributed by atoms with Gasteiger partial charge in [-0.3, -0.25) is 0 Å². The first-order chi connectivity index (χ1) is 7.20. The third-order valence-electron chi connectivity index (χ3n) is 1.95. The molecule has 1 aliphatic heterocycles. The van der Waals surface area contributed by atoms with E-state index in [1.807, 2.05) is 6.08 Å². The zero-order valence-electron chi connectivity index (χ0n) is 10.6. The maximum Gasteiger partial charge on any atom is 0.0551 e. The number of hydrogen-bond acceptors (Lipinski definition) is 2. The first kappa shape index (κ1) is 20.8. The maximum absolute atomic E-state index is 7.00. The van der Waals surface area contributed by atoms with Crippen LogP contribution in [-0.4, -0.2) is 24.4 Å². The van der Waals surface area contributed by atoms with Gasteiger partial charge in [-0.25, -0.2) is 0 Å². The molecule has 1 saturated heterocycles. The molecule has 0 aromatic heterocycles. The lowest BCUT2D eigenvalue weighted by Gasteiger charge is -2.01. The van der Waals surface area contributed by atoms with Crippen molar-refractivity contribution >= 4 is 0 Å². The lowest BCUT2D eigenvalue weighted by molar-refractivity contribution is 0.0673. The molecular formula is C14H30O2. The minimum absolute atomic E-state index is 0. The molecule has 1 fully saturated rings. The van der Waals surface area contributed by atoms with Crippen LogP contribution >= 0.6 is 0 Å². The Morgan fingerprint density at radius 2 is 1.69 bits per heavy atom. The van der Waals surface area contributed by atoms with Gasteiger partial charge in [-0.2, -0.15) is 0 Å². The number of rotatable bonds is 2. The van der Waals surface area contributed by atoms with Gasteiger partial charge in [-0.05, 0) is 33.1 Å². The molecule has 0 aromatic rings. The van der Waals surface area contributed by atoms with E-state index in [2.05, 4.69) is 33.4 Å². The lowest BCUT2D eigenvalue weighted by Crippen LogP contribution is -2.01. The fourth-order valence-electron chi connectivity index (χ4n) is 1.23. The summed E-state index contributed by atoms with van der Waals surface area (Å²) in [5, 5.41) is 7.00. The fraction of sp³-hybridized carbons (Fsp3) is 0.714. The van der Waals surface area contributed by atoms with Crippen LogP contribution in [0.3, 0.4) is 0 Å². The van der Waals surface area contributed by atoms with Gasteiger partial charge in [0.2, 0.25) is 0 Å². The van der Waals surface area contributed by atoms with Crippen molar-refractivity contribution in [2.24, 2.45) is 0 Å². The molecule has 2 heteroatoms. The van der Waals surface area contributed by atoms with Gasteiger partial charge < -0.3 is 9.84 Å². The van der Waals surface area contributed by atoms with Crippen LogP contribution in [0.2, 0.25) is 0 Å². The van der Waals surface area contributed by atoms with E-state index in [0.717, 1.165) is 13.5 Å². The molecule has 2 nitrogen and oxygen atoms in total. The van der Waals surface area contributed by atoms with E-state index in [1.165, 1.54) is 12.8 Å². The van der Waals surface area contributed by atoms with E-state index in [9.17, 15) is 0 Å². The molecule has 0 bridgehead atoms. The minimum Gasteiger partial charge on any atom is -0.400 e. The highest BCUT2D eigenvalue weighted by molar-refractivity contribution is 4.96. The summed E-state index contributed by atoms with van der Waals surface area (Å²) in [6, 6.07) is 0. The van der Waals surface area contributed by atoms with Gasteiger partial charge in [0.25, 0.3) is 0 Å². The number of aliphatic hydroxyl groups is 1. The third kappa shape index (κ3) is 15.9. The Bertz CT molecular complexity index is 145. The summed E-state index contributed by atoms with van der Waals surface area (Å²) >= 11 is 0. The van der Waals surface area contributed by atoms with Crippen molar-refractivity contribution in [1.82, 2.24) is 0 Å². The lowest BCUT2D eigenvalue weighted by atomic mass is 10.2. The van der Waals surface area contributed by atoms with Crippen molar-refractivity contribution in [3.63, 3.8) is 0 Å². The normalized spacial score (nSPS) is 22.3. The molecule has 0 radical (unpaired) electrons. The van der Waals surface area contributed by atoms with Crippen LogP contribution in [0.5, 0.6) is 0 Å². The monoisotopic (exact) mass is 230 g/mol. The second-order valence-corrected chi connectivity index (χ2v) is 3.41. The topological polar surface area (TPSA) is 29.5 Å². The molecule has 1 aliphatic rings.